The van der Waals surface area contributed by atoms with Crippen molar-refractivity contribution in [1.82, 2.24) is 4.98 Å². The van der Waals surface area contributed by atoms with E-state index in [0.717, 1.165) is 12.1 Å². The van der Waals surface area contributed by atoms with E-state index in [1.807, 2.05) is 0 Å². The van der Waals surface area contributed by atoms with Crippen LogP contribution in [0.15, 0.2) is 36.4 Å². The molecule has 0 aliphatic heterocycles. The minimum absolute atomic E-state index is 0.146. The first kappa shape index (κ1) is 20.2. The Hall–Kier alpha value is -3.56. The van der Waals surface area contributed by atoms with Crippen molar-refractivity contribution in [3.8, 4) is 5.75 Å². The summed E-state index contributed by atoms with van der Waals surface area (Å²) in [6.45, 7) is 0. The highest BCUT2D eigenvalue weighted by atomic mass is 35.5. The van der Waals surface area contributed by atoms with E-state index in [0.29, 0.717) is 15.9 Å². The third-order valence-electron chi connectivity index (χ3n) is 3.94. The molecule has 1 aromatic heterocycles. The molecule has 9 nitrogen and oxygen atoms in total. The van der Waals surface area contributed by atoms with E-state index in [1.165, 1.54) is 30.3 Å². The number of aromatic nitrogens is 1. The lowest BCUT2D eigenvalue weighted by atomic mass is 10.1. The molecule has 0 fully saturated rings. The summed E-state index contributed by atoms with van der Waals surface area (Å²) < 4.78 is 0. The van der Waals surface area contributed by atoms with Gasteiger partial charge in [0.05, 0.1) is 15.6 Å². The number of H-pyrrole nitrogens is 1. The highest BCUT2D eigenvalue weighted by Gasteiger charge is 2.19. The Morgan fingerprint density at radius 2 is 1.97 bits per heavy atom. The number of hydrogen-bond acceptors (Lipinski definition) is 5. The molecule has 0 saturated heterocycles. The largest absolute Gasteiger partial charge is 0.501 e. The quantitative estimate of drug-likeness (QED) is 0.201. The molecule has 11 heteroatoms. The lowest BCUT2D eigenvalue weighted by molar-refractivity contribution is -0.385. The Morgan fingerprint density at radius 1 is 1.24 bits per heavy atom. The van der Waals surface area contributed by atoms with Gasteiger partial charge in [0.15, 0.2) is 0 Å². The minimum Gasteiger partial charge on any atom is -0.501 e. The second-order valence-corrected chi connectivity index (χ2v) is 6.63. The Kier molecular flexibility index (Phi) is 5.44. The molecule has 1 amide bonds. The molecule has 0 bridgehead atoms. The molecule has 4 N–H and O–H groups in total. The van der Waals surface area contributed by atoms with Crippen molar-refractivity contribution in [2.45, 2.75) is 0 Å². The van der Waals surface area contributed by atoms with Gasteiger partial charge in [0.25, 0.3) is 0 Å². The summed E-state index contributed by atoms with van der Waals surface area (Å²) in [4.78, 5) is 36.5. The van der Waals surface area contributed by atoms with Crippen LogP contribution in [0.3, 0.4) is 0 Å². The number of amides is 1. The standard InChI is InChI=1S/C18H11Cl2N3O6/c19-8-6-10(20)15-9(16(18(26)27)22-12(15)7-8)4-5-14(24)21-11-2-1-3-13(17(11)25)23(28)29/h1-7,22,25H,(H,21,24)(H,26,27)/b5-4+. The number of nitro benzene ring substituents is 1. The first-order chi connectivity index (χ1) is 13.7. The first-order valence-corrected chi connectivity index (χ1v) is 8.64. The van der Waals surface area contributed by atoms with E-state index in [4.69, 9.17) is 23.2 Å². The van der Waals surface area contributed by atoms with Gasteiger partial charge in [0.2, 0.25) is 11.7 Å². The molecular formula is C18H11Cl2N3O6. The predicted octanol–water partition coefficient (Wildman–Crippen LogP) is 4.44. The summed E-state index contributed by atoms with van der Waals surface area (Å²) in [6.07, 6.45) is 2.24. The van der Waals surface area contributed by atoms with Crippen molar-refractivity contribution in [3.63, 3.8) is 0 Å². The monoisotopic (exact) mass is 435 g/mol. The van der Waals surface area contributed by atoms with Gasteiger partial charge in [-0.3, -0.25) is 14.9 Å². The number of phenolic OH excluding ortho intramolecular Hbond substituents is 1. The van der Waals surface area contributed by atoms with Gasteiger partial charge < -0.3 is 20.5 Å². The number of benzene rings is 2. The highest BCUT2D eigenvalue weighted by Crippen LogP contribution is 2.34. The van der Waals surface area contributed by atoms with Gasteiger partial charge in [-0.25, -0.2) is 4.79 Å². The van der Waals surface area contributed by atoms with Crippen LogP contribution >= 0.6 is 23.2 Å². The summed E-state index contributed by atoms with van der Waals surface area (Å²) in [5.74, 6) is -2.73. The fourth-order valence-corrected chi connectivity index (χ4v) is 3.32. The Morgan fingerprint density at radius 3 is 2.62 bits per heavy atom. The van der Waals surface area contributed by atoms with Crippen LogP contribution in [0.2, 0.25) is 10.0 Å². The number of rotatable bonds is 5. The molecule has 0 aliphatic carbocycles. The van der Waals surface area contributed by atoms with Crippen molar-refractivity contribution in [3.05, 3.63) is 67.8 Å². The highest BCUT2D eigenvalue weighted by molar-refractivity contribution is 6.39. The third-order valence-corrected chi connectivity index (χ3v) is 4.45. The molecule has 148 valence electrons. The maximum Gasteiger partial charge on any atom is 0.352 e. The normalized spacial score (nSPS) is 11.1. The number of carbonyl (C=O) groups excluding carboxylic acids is 1. The number of nitrogens with one attached hydrogen (secondary N) is 2. The van der Waals surface area contributed by atoms with Crippen LogP contribution < -0.4 is 5.32 Å². The smallest absolute Gasteiger partial charge is 0.352 e. The van der Waals surface area contributed by atoms with Gasteiger partial charge in [-0.2, -0.15) is 0 Å². The lowest BCUT2D eigenvalue weighted by Crippen LogP contribution is -2.08. The van der Waals surface area contributed by atoms with E-state index >= 15 is 0 Å². The zero-order valence-corrected chi connectivity index (χ0v) is 15.8. The van der Waals surface area contributed by atoms with Crippen LogP contribution in [0, 0.1) is 10.1 Å². The maximum absolute atomic E-state index is 12.2. The molecule has 0 aliphatic rings. The second kappa shape index (κ2) is 7.82. The molecular weight excluding hydrogens is 425 g/mol. The number of aromatic hydroxyl groups is 1. The average molecular weight is 436 g/mol. The fraction of sp³-hybridized carbons (Fsp3) is 0. The summed E-state index contributed by atoms with van der Waals surface area (Å²) >= 11 is 12.1. The summed E-state index contributed by atoms with van der Waals surface area (Å²) in [5, 5.41) is 33.3. The van der Waals surface area contributed by atoms with E-state index in [-0.39, 0.29) is 22.0 Å². The van der Waals surface area contributed by atoms with Crippen LogP contribution in [0.4, 0.5) is 11.4 Å². The number of nitro groups is 1. The number of phenols is 1. The van der Waals surface area contributed by atoms with Crippen molar-refractivity contribution in [1.29, 1.82) is 0 Å². The van der Waals surface area contributed by atoms with Gasteiger partial charge in [0.1, 0.15) is 5.69 Å². The fourth-order valence-electron chi connectivity index (χ4n) is 2.72. The minimum atomic E-state index is -1.27. The molecule has 3 rings (SSSR count). The van der Waals surface area contributed by atoms with E-state index < -0.39 is 28.2 Å². The first-order valence-electron chi connectivity index (χ1n) is 7.88. The van der Waals surface area contributed by atoms with Crippen molar-refractivity contribution in [2.24, 2.45) is 0 Å². The summed E-state index contributed by atoms with van der Waals surface area (Å²) in [7, 11) is 0. The van der Waals surface area contributed by atoms with Gasteiger partial charge in [0, 0.05) is 33.6 Å². The number of fused-ring (bicyclic) bond motifs is 1. The Balaban J connectivity index is 1.96. The van der Waals surface area contributed by atoms with Crippen LogP contribution in [0.5, 0.6) is 5.75 Å². The number of aromatic carboxylic acids is 1. The molecule has 3 aromatic rings. The number of carboxylic acid groups (broad SMARTS) is 1. The van der Waals surface area contributed by atoms with Gasteiger partial charge in [-0.1, -0.05) is 29.3 Å². The zero-order chi connectivity index (χ0) is 21.3. The van der Waals surface area contributed by atoms with Crippen LogP contribution in [-0.4, -0.2) is 32.0 Å². The number of halogens is 2. The van der Waals surface area contributed by atoms with Crippen molar-refractivity contribution >= 4 is 63.4 Å². The number of aromatic amines is 1. The number of hydrogen-bond donors (Lipinski definition) is 4. The number of carbonyl (C=O) groups is 2. The summed E-state index contributed by atoms with van der Waals surface area (Å²) in [6, 6.07) is 6.58. The Bertz CT molecular complexity index is 1200. The zero-order valence-electron chi connectivity index (χ0n) is 14.3. The molecule has 0 unspecified atom stereocenters. The molecule has 2 aromatic carbocycles. The van der Waals surface area contributed by atoms with Gasteiger partial charge in [-0.15, -0.1) is 0 Å². The number of anilines is 1. The van der Waals surface area contributed by atoms with Crippen LogP contribution in [0.1, 0.15) is 16.1 Å². The third kappa shape index (κ3) is 4.00. The molecule has 29 heavy (non-hydrogen) atoms. The maximum atomic E-state index is 12.2. The molecule has 0 spiro atoms. The van der Waals surface area contributed by atoms with Crippen LogP contribution in [-0.2, 0) is 4.79 Å². The van der Waals surface area contributed by atoms with Crippen LogP contribution in [0.25, 0.3) is 17.0 Å². The number of nitrogens with zero attached hydrogens (tertiary/aromatic N) is 1. The predicted molar refractivity (Wildman–Crippen MR) is 108 cm³/mol. The van der Waals surface area contributed by atoms with E-state index in [1.54, 1.807) is 0 Å². The van der Waals surface area contributed by atoms with Gasteiger partial charge in [-0.05, 0) is 24.3 Å². The SMILES string of the molecule is O=C(/C=C/c1c(C(=O)O)[nH]c2cc(Cl)cc(Cl)c12)Nc1cccc([N+](=O)[O-])c1O. The second-order valence-electron chi connectivity index (χ2n) is 5.78. The van der Waals surface area contributed by atoms with Crippen molar-refractivity contribution in [2.75, 3.05) is 5.32 Å². The molecule has 1 heterocycles. The van der Waals surface area contributed by atoms with E-state index in [2.05, 4.69) is 10.3 Å². The lowest BCUT2D eigenvalue weighted by Gasteiger charge is -2.05. The topological polar surface area (TPSA) is 146 Å². The molecule has 0 atom stereocenters. The molecule has 0 radical (unpaired) electrons. The Labute approximate surface area is 172 Å². The van der Waals surface area contributed by atoms with E-state index in [9.17, 15) is 29.9 Å². The summed E-state index contributed by atoms with van der Waals surface area (Å²) in [5.41, 5.74) is -0.424. The van der Waals surface area contributed by atoms with Gasteiger partial charge >= 0.3 is 11.7 Å². The average Bonchev–Trinajstić information content (AvgIpc) is 3.00. The van der Waals surface area contributed by atoms with Crippen molar-refractivity contribution < 1.29 is 24.7 Å². The number of carboxylic acids is 1. The number of para-hydroxylation sites is 1. The molecule has 0 saturated carbocycles.